The highest BCUT2D eigenvalue weighted by molar-refractivity contribution is 5.47. The van der Waals surface area contributed by atoms with E-state index in [9.17, 15) is 35.1 Å². The van der Waals surface area contributed by atoms with Crippen molar-refractivity contribution in [2.45, 2.75) is 54.4 Å². The van der Waals surface area contributed by atoms with E-state index in [1.54, 1.807) is 60.7 Å². The van der Waals surface area contributed by atoms with E-state index in [4.69, 9.17) is 27.8 Å². The highest BCUT2D eigenvalue weighted by Crippen LogP contribution is 2.66. The largest absolute Gasteiger partial charge is 0.508 e. The van der Waals surface area contributed by atoms with Crippen LogP contribution in [0.2, 0.25) is 0 Å². The van der Waals surface area contributed by atoms with Crippen LogP contribution in [0.1, 0.15) is 46.3 Å². The summed E-state index contributed by atoms with van der Waals surface area (Å²) in [6.07, 6.45) is -7.24. The summed E-state index contributed by atoms with van der Waals surface area (Å²) >= 11 is 0. The SMILES string of the molecule is COc1cc([C@@H]2C(c3ccc(O)cc3)[C@H](c3cc(OC)cc(=O)o3)C2c2ccc(O[C@H]3O[C@H](CO)[C@@H](O)[C@H](O)[C@@H]3O)cc2)oc(=O)c1. The van der Waals surface area contributed by atoms with Crippen molar-refractivity contribution in [3.05, 3.63) is 116 Å². The molecule has 0 bridgehead atoms. The van der Waals surface area contributed by atoms with Gasteiger partial charge in [0.1, 0.15) is 58.9 Å². The Morgan fingerprint density at radius 2 is 1.13 bits per heavy atom. The molecular formula is C34H34O13. The van der Waals surface area contributed by atoms with Gasteiger partial charge in [-0.2, -0.15) is 0 Å². The lowest BCUT2D eigenvalue weighted by molar-refractivity contribution is -0.277. The van der Waals surface area contributed by atoms with Gasteiger partial charge < -0.3 is 53.3 Å². The highest BCUT2D eigenvalue weighted by Gasteiger charge is 2.55. The maximum Gasteiger partial charge on any atom is 0.339 e. The van der Waals surface area contributed by atoms with Crippen LogP contribution >= 0.6 is 0 Å². The smallest absolute Gasteiger partial charge is 0.339 e. The van der Waals surface area contributed by atoms with Gasteiger partial charge in [0.15, 0.2) is 0 Å². The third kappa shape index (κ3) is 6.23. The van der Waals surface area contributed by atoms with Crippen molar-refractivity contribution in [2.24, 2.45) is 0 Å². The van der Waals surface area contributed by atoms with Crippen LogP contribution in [0.3, 0.4) is 0 Å². The van der Waals surface area contributed by atoms with Gasteiger partial charge in [0, 0.05) is 35.8 Å². The van der Waals surface area contributed by atoms with E-state index in [-0.39, 0.29) is 11.5 Å². The van der Waals surface area contributed by atoms with Crippen molar-refractivity contribution >= 4 is 0 Å². The summed E-state index contributed by atoms with van der Waals surface area (Å²) in [5.41, 5.74) is 0.309. The zero-order chi connectivity index (χ0) is 33.4. The topological polar surface area (TPSA) is 198 Å². The molecule has 9 atom stereocenters. The second-order valence-electron chi connectivity index (χ2n) is 11.5. The van der Waals surface area contributed by atoms with Crippen LogP contribution in [0.4, 0.5) is 0 Å². The molecule has 0 spiro atoms. The molecule has 47 heavy (non-hydrogen) atoms. The first-order valence-corrected chi connectivity index (χ1v) is 14.9. The monoisotopic (exact) mass is 650 g/mol. The fourth-order valence-electron chi connectivity index (χ4n) is 6.56. The Balaban J connectivity index is 1.43. The molecular weight excluding hydrogens is 616 g/mol. The summed E-state index contributed by atoms with van der Waals surface area (Å²) in [5, 5.41) is 50.2. The maximum atomic E-state index is 12.6. The van der Waals surface area contributed by atoms with Crippen LogP contribution in [0.25, 0.3) is 0 Å². The number of aromatic hydroxyl groups is 1. The number of rotatable bonds is 9. The minimum Gasteiger partial charge on any atom is -0.508 e. The molecule has 13 heteroatoms. The van der Waals surface area contributed by atoms with Crippen LogP contribution in [0, 0.1) is 0 Å². The molecule has 2 aromatic heterocycles. The molecule has 1 aliphatic heterocycles. The van der Waals surface area contributed by atoms with Crippen LogP contribution in [0.15, 0.2) is 91.2 Å². The Labute approximate surface area is 267 Å². The number of hydrogen-bond acceptors (Lipinski definition) is 13. The maximum absolute atomic E-state index is 12.6. The van der Waals surface area contributed by atoms with Gasteiger partial charge in [-0.15, -0.1) is 0 Å². The fraction of sp³-hybridized carbons (Fsp3) is 0.353. The first-order valence-electron chi connectivity index (χ1n) is 14.9. The molecule has 6 rings (SSSR count). The van der Waals surface area contributed by atoms with Gasteiger partial charge >= 0.3 is 11.3 Å². The predicted octanol–water partition coefficient (Wildman–Crippen LogP) is 1.94. The zero-order valence-electron chi connectivity index (χ0n) is 25.3. The molecule has 1 saturated carbocycles. The molecule has 2 unspecified atom stereocenters. The van der Waals surface area contributed by atoms with Crippen LogP contribution in [-0.4, -0.2) is 77.1 Å². The Bertz CT molecular complexity index is 1730. The molecule has 0 radical (unpaired) electrons. The number of aliphatic hydroxyl groups is 4. The van der Waals surface area contributed by atoms with Gasteiger partial charge in [-0.3, -0.25) is 0 Å². The molecule has 0 amide bonds. The number of phenolic OH excluding ortho intramolecular Hbond substituents is 1. The minimum absolute atomic E-state index is 0.0635. The Morgan fingerprint density at radius 1 is 0.638 bits per heavy atom. The van der Waals surface area contributed by atoms with E-state index < -0.39 is 72.2 Å². The summed E-state index contributed by atoms with van der Waals surface area (Å²) in [5.74, 6) is -0.229. The van der Waals surface area contributed by atoms with E-state index in [1.807, 2.05) is 0 Å². The van der Waals surface area contributed by atoms with Gasteiger partial charge in [0.2, 0.25) is 6.29 Å². The standard InChI is InChI=1S/C34H34O13/c1-42-20-11-22(45-25(37)13-20)29-27(16-3-7-18(36)8-4-16)30(23-12-21(43-2)14-26(38)46-23)28(29)17-5-9-19(10-6-17)44-34-33(41)32(40)31(39)24(15-35)47-34/h3-14,24,27-36,39-41H,15H2,1-2H3/t24-,27?,28?,29-,30+,31-,32+,33+,34+/m1/s1. The van der Waals surface area contributed by atoms with Crippen molar-refractivity contribution in [1.82, 2.24) is 0 Å². The highest BCUT2D eigenvalue weighted by atomic mass is 16.7. The second-order valence-corrected chi connectivity index (χ2v) is 11.5. The molecule has 4 aromatic rings. The molecule has 2 fully saturated rings. The van der Waals surface area contributed by atoms with Gasteiger partial charge in [-0.1, -0.05) is 24.3 Å². The zero-order valence-corrected chi connectivity index (χ0v) is 25.3. The number of hydrogen-bond donors (Lipinski definition) is 5. The molecule has 5 N–H and O–H groups in total. The van der Waals surface area contributed by atoms with E-state index in [0.717, 1.165) is 11.1 Å². The number of benzene rings is 2. The predicted molar refractivity (Wildman–Crippen MR) is 163 cm³/mol. The van der Waals surface area contributed by atoms with E-state index in [2.05, 4.69) is 0 Å². The van der Waals surface area contributed by atoms with Gasteiger partial charge in [0.05, 0.1) is 33.0 Å². The summed E-state index contributed by atoms with van der Waals surface area (Å²) in [7, 11) is 2.88. The number of methoxy groups -OCH3 is 2. The van der Waals surface area contributed by atoms with Gasteiger partial charge in [-0.05, 0) is 35.4 Å². The first kappa shape index (κ1) is 32.3. The van der Waals surface area contributed by atoms with E-state index >= 15 is 0 Å². The number of ether oxygens (including phenoxy) is 4. The lowest BCUT2D eigenvalue weighted by Crippen LogP contribution is -2.60. The summed E-state index contributed by atoms with van der Waals surface area (Å²) in [4.78, 5) is 25.2. The second kappa shape index (κ2) is 13.2. The molecule has 2 aromatic carbocycles. The Hall–Kier alpha value is -4.66. The van der Waals surface area contributed by atoms with E-state index in [0.29, 0.717) is 23.0 Å². The quantitative estimate of drug-likeness (QED) is 0.176. The fourth-order valence-corrected chi connectivity index (χ4v) is 6.56. The van der Waals surface area contributed by atoms with Crippen molar-refractivity contribution in [2.75, 3.05) is 20.8 Å². The van der Waals surface area contributed by atoms with Gasteiger partial charge in [-0.25, -0.2) is 9.59 Å². The first-order chi connectivity index (χ1) is 22.6. The molecule has 3 heterocycles. The normalized spacial score (nSPS) is 28.7. The molecule has 248 valence electrons. The summed E-state index contributed by atoms with van der Waals surface area (Å²) in [6.45, 7) is -0.600. The van der Waals surface area contributed by atoms with Gasteiger partial charge in [0.25, 0.3) is 0 Å². The summed E-state index contributed by atoms with van der Waals surface area (Å²) < 4.78 is 33.5. The molecule has 13 nitrogen and oxygen atoms in total. The van der Waals surface area contributed by atoms with Crippen LogP contribution in [0.5, 0.6) is 23.0 Å². The molecule has 1 aliphatic carbocycles. The average molecular weight is 651 g/mol. The number of aliphatic hydroxyl groups excluding tert-OH is 4. The van der Waals surface area contributed by atoms with Crippen LogP contribution in [-0.2, 0) is 4.74 Å². The molecule has 2 aliphatic rings. The Kier molecular flexibility index (Phi) is 9.08. The molecule has 1 saturated heterocycles. The van der Waals surface area contributed by atoms with Crippen molar-refractivity contribution in [1.29, 1.82) is 0 Å². The minimum atomic E-state index is -1.60. The third-order valence-electron chi connectivity index (χ3n) is 8.85. The van der Waals surface area contributed by atoms with Crippen molar-refractivity contribution in [3.8, 4) is 23.0 Å². The Morgan fingerprint density at radius 3 is 1.60 bits per heavy atom. The van der Waals surface area contributed by atoms with Crippen LogP contribution < -0.4 is 25.5 Å². The summed E-state index contributed by atoms with van der Waals surface area (Å²) in [6, 6.07) is 19.1. The lowest BCUT2D eigenvalue weighted by Gasteiger charge is -2.51. The van der Waals surface area contributed by atoms with E-state index in [1.165, 1.54) is 26.4 Å². The lowest BCUT2D eigenvalue weighted by atomic mass is 9.51. The van der Waals surface area contributed by atoms with Crippen molar-refractivity contribution < 1.29 is 53.3 Å². The average Bonchev–Trinajstić information content (AvgIpc) is 3.05. The van der Waals surface area contributed by atoms with Crippen molar-refractivity contribution in [3.63, 3.8) is 0 Å². The number of phenols is 1. The third-order valence-corrected chi connectivity index (χ3v) is 8.85.